The van der Waals surface area contributed by atoms with Crippen molar-refractivity contribution < 1.29 is 4.52 Å². The van der Waals surface area contributed by atoms with Gasteiger partial charge in [0.15, 0.2) is 0 Å². The Kier molecular flexibility index (Phi) is 2.36. The lowest BCUT2D eigenvalue weighted by Gasteiger charge is -2.36. The lowest BCUT2D eigenvalue weighted by molar-refractivity contribution is 0.182. The molecule has 1 saturated carbocycles. The second-order valence-electron chi connectivity index (χ2n) is 4.36. The van der Waals surface area contributed by atoms with Crippen LogP contribution in [0.4, 0.5) is 0 Å². The first kappa shape index (κ1) is 10.3. The molecule has 1 aliphatic carbocycles. The van der Waals surface area contributed by atoms with Crippen molar-refractivity contribution in [3.05, 3.63) is 24.5 Å². The maximum atomic E-state index is 5.80. The number of rotatable bonds is 3. The molecule has 0 spiro atoms. The number of nitrogens with zero attached hydrogens (tertiary/aromatic N) is 4. The second-order valence-corrected chi connectivity index (χ2v) is 4.36. The van der Waals surface area contributed by atoms with Crippen molar-refractivity contribution in [2.75, 3.05) is 6.54 Å². The molecule has 17 heavy (non-hydrogen) atoms. The number of hydrogen-bond donors (Lipinski definition) is 1. The average Bonchev–Trinajstić information content (AvgIpc) is 2.80. The fraction of sp³-hybridized carbons (Fsp3) is 0.455. The lowest BCUT2D eigenvalue weighted by atomic mass is 9.69. The highest BCUT2D eigenvalue weighted by molar-refractivity contribution is 5.46. The van der Waals surface area contributed by atoms with E-state index in [1.54, 1.807) is 12.3 Å². The van der Waals surface area contributed by atoms with E-state index in [4.69, 9.17) is 10.3 Å². The van der Waals surface area contributed by atoms with E-state index in [2.05, 4.69) is 20.1 Å². The Bertz CT molecular complexity index is 500. The van der Waals surface area contributed by atoms with Gasteiger partial charge in [-0.15, -0.1) is 0 Å². The Morgan fingerprint density at radius 2 is 2.29 bits per heavy atom. The molecule has 0 saturated heterocycles. The smallest absolute Gasteiger partial charge is 0.234 e. The highest BCUT2D eigenvalue weighted by atomic mass is 16.5. The molecule has 1 aliphatic rings. The van der Waals surface area contributed by atoms with E-state index in [1.165, 1.54) is 12.7 Å². The summed E-state index contributed by atoms with van der Waals surface area (Å²) >= 11 is 0. The van der Waals surface area contributed by atoms with Crippen LogP contribution in [-0.4, -0.2) is 26.7 Å². The summed E-state index contributed by atoms with van der Waals surface area (Å²) in [7, 11) is 0. The van der Waals surface area contributed by atoms with E-state index in [1.807, 2.05) is 0 Å². The molecule has 0 aromatic carbocycles. The van der Waals surface area contributed by atoms with E-state index >= 15 is 0 Å². The molecular weight excluding hydrogens is 218 g/mol. The molecule has 2 aromatic rings. The first-order valence-electron chi connectivity index (χ1n) is 5.65. The Balaban J connectivity index is 1.93. The van der Waals surface area contributed by atoms with Crippen molar-refractivity contribution in [2.24, 2.45) is 5.73 Å². The molecule has 2 aromatic heterocycles. The molecule has 0 atom stereocenters. The van der Waals surface area contributed by atoms with Gasteiger partial charge in [0.25, 0.3) is 0 Å². The van der Waals surface area contributed by atoms with Crippen LogP contribution in [0.5, 0.6) is 0 Å². The molecule has 0 amide bonds. The average molecular weight is 231 g/mol. The zero-order valence-electron chi connectivity index (χ0n) is 9.33. The Morgan fingerprint density at radius 3 is 2.88 bits per heavy atom. The minimum atomic E-state index is -0.0989. The third kappa shape index (κ3) is 1.61. The van der Waals surface area contributed by atoms with E-state index in [9.17, 15) is 0 Å². The van der Waals surface area contributed by atoms with Crippen molar-refractivity contribution >= 4 is 0 Å². The topological polar surface area (TPSA) is 90.7 Å². The van der Waals surface area contributed by atoms with Gasteiger partial charge in [0.05, 0.1) is 5.41 Å². The first-order valence-corrected chi connectivity index (χ1v) is 5.65. The minimum Gasteiger partial charge on any atom is -0.338 e. The van der Waals surface area contributed by atoms with Crippen molar-refractivity contribution in [2.45, 2.75) is 24.7 Å². The van der Waals surface area contributed by atoms with Crippen molar-refractivity contribution in [3.8, 4) is 11.5 Å². The fourth-order valence-corrected chi connectivity index (χ4v) is 2.07. The summed E-state index contributed by atoms with van der Waals surface area (Å²) in [6, 6.07) is 1.75. The summed E-state index contributed by atoms with van der Waals surface area (Å²) in [5.41, 5.74) is 6.36. The van der Waals surface area contributed by atoms with E-state index in [-0.39, 0.29) is 5.41 Å². The summed E-state index contributed by atoms with van der Waals surface area (Å²) < 4.78 is 5.32. The zero-order chi connectivity index (χ0) is 11.7. The third-order valence-corrected chi connectivity index (χ3v) is 3.39. The van der Waals surface area contributed by atoms with E-state index in [0.717, 1.165) is 12.8 Å². The lowest BCUT2D eigenvalue weighted by Crippen LogP contribution is -2.41. The van der Waals surface area contributed by atoms with Gasteiger partial charge in [0.2, 0.25) is 11.7 Å². The molecule has 6 heteroatoms. The normalized spacial score (nSPS) is 17.7. The highest BCUT2D eigenvalue weighted by Crippen LogP contribution is 2.42. The van der Waals surface area contributed by atoms with Crippen LogP contribution in [-0.2, 0) is 5.41 Å². The van der Waals surface area contributed by atoms with Crippen LogP contribution in [0.25, 0.3) is 11.5 Å². The van der Waals surface area contributed by atoms with E-state index < -0.39 is 0 Å². The molecule has 2 N–H and O–H groups in total. The molecule has 0 aliphatic heterocycles. The predicted octanol–water partition coefficient (Wildman–Crippen LogP) is 0.907. The molecule has 2 heterocycles. The van der Waals surface area contributed by atoms with Crippen LogP contribution in [0.15, 0.2) is 23.1 Å². The number of nitrogens with two attached hydrogens (primary N) is 1. The SMILES string of the molecule is NCC1(c2nc(-c3ccncn3)no2)CCC1. The summed E-state index contributed by atoms with van der Waals surface area (Å²) in [6.07, 6.45) is 6.33. The van der Waals surface area contributed by atoms with Gasteiger partial charge in [-0.25, -0.2) is 9.97 Å². The Labute approximate surface area is 98.3 Å². The van der Waals surface area contributed by atoms with Crippen molar-refractivity contribution in [1.29, 1.82) is 0 Å². The van der Waals surface area contributed by atoms with Gasteiger partial charge in [-0.2, -0.15) is 4.98 Å². The largest absolute Gasteiger partial charge is 0.338 e. The van der Waals surface area contributed by atoms with E-state index in [0.29, 0.717) is 24.0 Å². The van der Waals surface area contributed by atoms with Crippen LogP contribution in [0, 0.1) is 0 Å². The summed E-state index contributed by atoms with van der Waals surface area (Å²) in [5, 5.41) is 3.95. The van der Waals surface area contributed by atoms with Crippen LogP contribution in [0.2, 0.25) is 0 Å². The van der Waals surface area contributed by atoms with Gasteiger partial charge in [-0.3, -0.25) is 0 Å². The standard InChI is InChI=1S/C11H13N5O/c12-6-11(3-1-4-11)10-15-9(16-17-10)8-2-5-13-7-14-8/h2,5,7H,1,3-4,6,12H2. The number of aromatic nitrogens is 4. The minimum absolute atomic E-state index is 0.0989. The molecule has 0 bridgehead atoms. The fourth-order valence-electron chi connectivity index (χ4n) is 2.07. The monoisotopic (exact) mass is 231 g/mol. The molecule has 3 rings (SSSR count). The van der Waals surface area contributed by atoms with Gasteiger partial charge < -0.3 is 10.3 Å². The van der Waals surface area contributed by atoms with Gasteiger partial charge >= 0.3 is 0 Å². The molecule has 6 nitrogen and oxygen atoms in total. The molecule has 1 fully saturated rings. The van der Waals surface area contributed by atoms with Gasteiger partial charge in [0, 0.05) is 12.7 Å². The highest BCUT2D eigenvalue weighted by Gasteiger charge is 2.42. The summed E-state index contributed by atoms with van der Waals surface area (Å²) in [4.78, 5) is 12.3. The third-order valence-electron chi connectivity index (χ3n) is 3.39. The van der Waals surface area contributed by atoms with Crippen LogP contribution in [0.1, 0.15) is 25.2 Å². The Morgan fingerprint density at radius 1 is 1.41 bits per heavy atom. The first-order chi connectivity index (χ1) is 8.34. The maximum Gasteiger partial charge on any atom is 0.234 e. The van der Waals surface area contributed by atoms with Gasteiger partial charge in [-0.05, 0) is 18.9 Å². The molecule has 0 radical (unpaired) electrons. The molecular formula is C11H13N5O. The second kappa shape index (κ2) is 3.89. The van der Waals surface area contributed by atoms with Gasteiger partial charge in [-0.1, -0.05) is 11.6 Å². The van der Waals surface area contributed by atoms with Crippen molar-refractivity contribution in [3.63, 3.8) is 0 Å². The quantitative estimate of drug-likeness (QED) is 0.844. The zero-order valence-corrected chi connectivity index (χ0v) is 9.33. The van der Waals surface area contributed by atoms with Crippen molar-refractivity contribution in [1.82, 2.24) is 20.1 Å². The Hall–Kier alpha value is -1.82. The number of hydrogen-bond acceptors (Lipinski definition) is 6. The van der Waals surface area contributed by atoms with Crippen LogP contribution in [0.3, 0.4) is 0 Å². The molecule has 88 valence electrons. The van der Waals surface area contributed by atoms with Gasteiger partial charge in [0.1, 0.15) is 12.0 Å². The summed E-state index contributed by atoms with van der Waals surface area (Å²) in [5.74, 6) is 1.14. The van der Waals surface area contributed by atoms with Crippen LogP contribution >= 0.6 is 0 Å². The van der Waals surface area contributed by atoms with Crippen LogP contribution < -0.4 is 5.73 Å². The summed E-state index contributed by atoms with van der Waals surface area (Å²) in [6.45, 7) is 0.554. The molecule has 0 unspecified atom stereocenters. The maximum absolute atomic E-state index is 5.80. The predicted molar refractivity (Wildman–Crippen MR) is 59.9 cm³/mol.